The van der Waals surface area contributed by atoms with E-state index in [1.807, 2.05) is 0 Å². The number of halogens is 1. The topological polar surface area (TPSA) is 37.4 Å². The average molecular weight is 272 g/mol. The van der Waals surface area contributed by atoms with Gasteiger partial charge in [-0.05, 0) is 22.0 Å². The molecule has 0 aromatic carbocycles. The highest BCUT2D eigenvalue weighted by Crippen LogP contribution is 2.28. The van der Waals surface area contributed by atoms with E-state index in [-0.39, 0.29) is 0 Å². The molecule has 15 heavy (non-hydrogen) atoms. The van der Waals surface area contributed by atoms with Crippen molar-refractivity contribution < 1.29 is 4.74 Å². The van der Waals surface area contributed by atoms with Crippen molar-refractivity contribution in [3.63, 3.8) is 0 Å². The quantitative estimate of drug-likeness (QED) is 0.879. The van der Waals surface area contributed by atoms with E-state index in [1.165, 1.54) is 0 Å². The number of pyridine rings is 1. The molecule has 5 heteroatoms. The summed E-state index contributed by atoms with van der Waals surface area (Å²) in [7, 11) is 1.65. The summed E-state index contributed by atoms with van der Waals surface area (Å²) in [5, 5.41) is 3.32. The highest BCUT2D eigenvalue weighted by Gasteiger charge is 2.15. The van der Waals surface area contributed by atoms with Gasteiger partial charge in [0, 0.05) is 36.8 Å². The third-order valence-corrected chi connectivity index (χ3v) is 2.88. The normalized spacial score (nSPS) is 16.5. The van der Waals surface area contributed by atoms with Gasteiger partial charge < -0.3 is 15.0 Å². The molecular weight excluding hydrogens is 258 g/mol. The lowest BCUT2D eigenvalue weighted by atomic mass is 10.3. The van der Waals surface area contributed by atoms with Crippen molar-refractivity contribution in [3.05, 3.63) is 16.7 Å². The van der Waals surface area contributed by atoms with Gasteiger partial charge in [0.25, 0.3) is 0 Å². The van der Waals surface area contributed by atoms with Crippen LogP contribution in [0.25, 0.3) is 0 Å². The number of nitrogens with zero attached hydrogens (tertiary/aromatic N) is 2. The third-order valence-electron chi connectivity index (χ3n) is 2.45. The Morgan fingerprint density at radius 2 is 2.20 bits per heavy atom. The van der Waals surface area contributed by atoms with Gasteiger partial charge in [0.2, 0.25) is 5.88 Å². The first-order valence-corrected chi connectivity index (χ1v) is 5.76. The van der Waals surface area contributed by atoms with E-state index >= 15 is 0 Å². The molecule has 1 N–H and O–H groups in total. The predicted molar refractivity (Wildman–Crippen MR) is 63.6 cm³/mol. The molecule has 1 fully saturated rings. The van der Waals surface area contributed by atoms with E-state index in [4.69, 9.17) is 4.74 Å². The molecular formula is C10H14BrN3O. The summed E-state index contributed by atoms with van der Waals surface area (Å²) in [5.74, 6) is 0.695. The van der Waals surface area contributed by atoms with Crippen LogP contribution >= 0.6 is 15.9 Å². The molecule has 0 aliphatic carbocycles. The van der Waals surface area contributed by atoms with Crippen LogP contribution in [0, 0.1) is 0 Å². The highest BCUT2D eigenvalue weighted by atomic mass is 79.9. The summed E-state index contributed by atoms with van der Waals surface area (Å²) in [4.78, 5) is 6.53. The summed E-state index contributed by atoms with van der Waals surface area (Å²) in [6.07, 6.45) is 1.75. The zero-order chi connectivity index (χ0) is 10.7. The first-order valence-electron chi connectivity index (χ1n) is 4.96. The van der Waals surface area contributed by atoms with Crippen LogP contribution in [0.4, 0.5) is 5.69 Å². The highest BCUT2D eigenvalue weighted by molar-refractivity contribution is 9.10. The smallest absolute Gasteiger partial charge is 0.237 e. The maximum absolute atomic E-state index is 5.26. The van der Waals surface area contributed by atoms with Crippen LogP contribution < -0.4 is 15.0 Å². The molecule has 0 atom stereocenters. The SMILES string of the molecule is COc1ncc(Br)cc1N1CCNCC1. The number of hydrogen-bond acceptors (Lipinski definition) is 4. The molecule has 2 rings (SSSR count). The Labute approximate surface area is 97.8 Å². The van der Waals surface area contributed by atoms with E-state index in [0.717, 1.165) is 36.3 Å². The fourth-order valence-electron chi connectivity index (χ4n) is 1.71. The second-order valence-corrected chi connectivity index (χ2v) is 4.33. The molecule has 0 bridgehead atoms. The van der Waals surface area contributed by atoms with Crippen LogP contribution in [0.5, 0.6) is 5.88 Å². The van der Waals surface area contributed by atoms with E-state index in [1.54, 1.807) is 13.3 Å². The van der Waals surface area contributed by atoms with Crippen molar-refractivity contribution in [1.29, 1.82) is 0 Å². The lowest BCUT2D eigenvalue weighted by Gasteiger charge is -2.30. The minimum atomic E-state index is 0.695. The number of nitrogens with one attached hydrogen (secondary N) is 1. The minimum absolute atomic E-state index is 0.695. The molecule has 1 aliphatic heterocycles. The first kappa shape index (κ1) is 10.7. The fraction of sp³-hybridized carbons (Fsp3) is 0.500. The van der Waals surface area contributed by atoms with Gasteiger partial charge in [-0.15, -0.1) is 0 Å². The van der Waals surface area contributed by atoms with Crippen molar-refractivity contribution in [2.24, 2.45) is 0 Å². The number of anilines is 1. The van der Waals surface area contributed by atoms with Gasteiger partial charge in [-0.3, -0.25) is 0 Å². The minimum Gasteiger partial charge on any atom is -0.480 e. The average Bonchev–Trinajstić information content (AvgIpc) is 2.30. The van der Waals surface area contributed by atoms with Crippen molar-refractivity contribution in [2.45, 2.75) is 0 Å². The number of rotatable bonds is 2. The van der Waals surface area contributed by atoms with E-state index in [2.05, 4.69) is 37.2 Å². The Morgan fingerprint density at radius 1 is 1.47 bits per heavy atom. The van der Waals surface area contributed by atoms with E-state index in [0.29, 0.717) is 5.88 Å². The standard InChI is InChI=1S/C10H14BrN3O/c1-15-10-9(6-8(11)7-13-10)14-4-2-12-3-5-14/h6-7,12H,2-5H2,1H3. The molecule has 0 saturated carbocycles. The van der Waals surface area contributed by atoms with Crippen LogP contribution in [-0.4, -0.2) is 38.3 Å². The first-order chi connectivity index (χ1) is 7.31. The van der Waals surface area contributed by atoms with Crippen LogP contribution in [0.3, 0.4) is 0 Å². The lowest BCUT2D eigenvalue weighted by Crippen LogP contribution is -2.43. The molecule has 0 radical (unpaired) electrons. The number of methoxy groups -OCH3 is 1. The maximum Gasteiger partial charge on any atom is 0.237 e. The molecule has 1 saturated heterocycles. The van der Waals surface area contributed by atoms with Crippen molar-refractivity contribution in [2.75, 3.05) is 38.2 Å². The lowest BCUT2D eigenvalue weighted by molar-refractivity contribution is 0.396. The Kier molecular flexibility index (Phi) is 3.43. The van der Waals surface area contributed by atoms with E-state index < -0.39 is 0 Å². The molecule has 0 amide bonds. The van der Waals surface area contributed by atoms with E-state index in [9.17, 15) is 0 Å². The molecule has 0 spiro atoms. The van der Waals surface area contributed by atoms with Crippen molar-refractivity contribution in [1.82, 2.24) is 10.3 Å². The zero-order valence-electron chi connectivity index (χ0n) is 8.66. The van der Waals surface area contributed by atoms with Crippen LogP contribution in [0.1, 0.15) is 0 Å². The second kappa shape index (κ2) is 4.81. The Balaban J connectivity index is 2.27. The second-order valence-electron chi connectivity index (χ2n) is 3.42. The summed E-state index contributed by atoms with van der Waals surface area (Å²) in [6.45, 7) is 4.01. The van der Waals surface area contributed by atoms with Crippen molar-refractivity contribution in [3.8, 4) is 5.88 Å². The van der Waals surface area contributed by atoms with Gasteiger partial charge >= 0.3 is 0 Å². The number of piperazine rings is 1. The maximum atomic E-state index is 5.26. The zero-order valence-corrected chi connectivity index (χ0v) is 10.2. The Bertz CT molecular complexity index is 339. The predicted octanol–water partition coefficient (Wildman–Crippen LogP) is 1.26. The Hall–Kier alpha value is -0.810. The number of hydrogen-bond donors (Lipinski definition) is 1. The van der Waals surface area contributed by atoms with Crippen LogP contribution in [0.15, 0.2) is 16.7 Å². The monoisotopic (exact) mass is 271 g/mol. The summed E-state index contributed by atoms with van der Waals surface area (Å²) in [5.41, 5.74) is 1.06. The molecule has 1 aromatic rings. The van der Waals surface area contributed by atoms with Gasteiger partial charge in [0.05, 0.1) is 7.11 Å². The van der Waals surface area contributed by atoms with Gasteiger partial charge in [0.15, 0.2) is 0 Å². The van der Waals surface area contributed by atoms with Gasteiger partial charge in [-0.2, -0.15) is 0 Å². The van der Waals surface area contributed by atoms with Gasteiger partial charge in [0.1, 0.15) is 5.69 Å². The fourth-order valence-corrected chi connectivity index (χ4v) is 2.02. The number of ether oxygens (including phenoxy) is 1. The van der Waals surface area contributed by atoms with Gasteiger partial charge in [-0.25, -0.2) is 4.98 Å². The number of aromatic nitrogens is 1. The van der Waals surface area contributed by atoms with Crippen LogP contribution in [-0.2, 0) is 0 Å². The molecule has 4 nitrogen and oxygen atoms in total. The van der Waals surface area contributed by atoms with Gasteiger partial charge in [-0.1, -0.05) is 0 Å². The summed E-state index contributed by atoms with van der Waals surface area (Å²) >= 11 is 3.43. The molecule has 2 heterocycles. The molecule has 0 unspecified atom stereocenters. The molecule has 1 aromatic heterocycles. The molecule has 82 valence electrons. The van der Waals surface area contributed by atoms with Crippen molar-refractivity contribution >= 4 is 21.6 Å². The van der Waals surface area contributed by atoms with Crippen LogP contribution in [0.2, 0.25) is 0 Å². The molecule has 1 aliphatic rings. The third kappa shape index (κ3) is 2.41. The Morgan fingerprint density at radius 3 is 2.87 bits per heavy atom. The summed E-state index contributed by atoms with van der Waals surface area (Å²) in [6, 6.07) is 2.05. The largest absolute Gasteiger partial charge is 0.480 e. The summed E-state index contributed by atoms with van der Waals surface area (Å²) < 4.78 is 6.24.